The van der Waals surface area contributed by atoms with Gasteiger partial charge in [0.05, 0.1) is 19.0 Å². The summed E-state index contributed by atoms with van der Waals surface area (Å²) in [5.74, 6) is -4.09. The number of aliphatic hydroxyl groups is 2. The van der Waals surface area contributed by atoms with Crippen molar-refractivity contribution in [1.29, 1.82) is 0 Å². The zero-order valence-electron chi connectivity index (χ0n) is 19.2. The smallest absolute Gasteiger partial charge is 0.328 e. The maximum Gasteiger partial charge on any atom is 0.328 e. The highest BCUT2D eigenvalue weighted by Crippen LogP contribution is 2.05. The summed E-state index contributed by atoms with van der Waals surface area (Å²) in [6.07, 6.45) is 1.78. The Morgan fingerprint density at radius 3 is 2.20 bits per heavy atom. The van der Waals surface area contributed by atoms with Crippen molar-refractivity contribution < 1.29 is 34.5 Å². The number of amides is 3. The van der Waals surface area contributed by atoms with Crippen LogP contribution in [0.2, 0.25) is 0 Å². The van der Waals surface area contributed by atoms with Gasteiger partial charge in [-0.05, 0) is 19.8 Å². The summed E-state index contributed by atoms with van der Waals surface area (Å²) >= 11 is 0. The average Bonchev–Trinajstić information content (AvgIpc) is 3.30. The molecule has 0 aliphatic carbocycles. The molecule has 0 saturated heterocycles. The van der Waals surface area contributed by atoms with Crippen molar-refractivity contribution in [2.75, 3.05) is 13.2 Å². The van der Waals surface area contributed by atoms with Gasteiger partial charge in [-0.2, -0.15) is 0 Å². The molecule has 1 aromatic rings. The van der Waals surface area contributed by atoms with E-state index in [1.165, 1.54) is 19.4 Å². The highest BCUT2D eigenvalue weighted by Gasteiger charge is 2.31. The molecule has 0 aliphatic heterocycles. The van der Waals surface area contributed by atoms with E-state index in [0.717, 1.165) is 0 Å². The van der Waals surface area contributed by atoms with E-state index in [2.05, 4.69) is 30.9 Å². The number of nitrogens with zero attached hydrogens (tertiary/aromatic N) is 2. The molecule has 1 heterocycles. The summed E-state index contributed by atoms with van der Waals surface area (Å²) in [6.45, 7) is 0.592. The molecule has 16 nitrogen and oxygen atoms in total. The number of nitrogens with two attached hydrogens (primary N) is 3. The molecule has 5 atom stereocenters. The number of rotatable bonds is 15. The zero-order valence-corrected chi connectivity index (χ0v) is 19.2. The SMILES string of the molecule is CC(O)C(N)C(=O)NC(CCCN=C(N)N)C(=O)NC(Cc1cnc[nH]1)C(=O)NC(CO)C(=O)O. The Kier molecular flexibility index (Phi) is 12.1. The molecular weight excluding hydrogens is 466 g/mol. The Balaban J connectivity index is 3.06. The lowest BCUT2D eigenvalue weighted by molar-refractivity contribution is -0.143. The van der Waals surface area contributed by atoms with Gasteiger partial charge in [0.25, 0.3) is 0 Å². The topological polar surface area (TPSA) is 284 Å². The van der Waals surface area contributed by atoms with Gasteiger partial charge < -0.3 is 53.5 Å². The monoisotopic (exact) mass is 499 g/mol. The average molecular weight is 500 g/mol. The molecule has 0 fully saturated rings. The molecule has 0 radical (unpaired) electrons. The largest absolute Gasteiger partial charge is 0.480 e. The maximum atomic E-state index is 13.0. The lowest BCUT2D eigenvalue weighted by atomic mass is 10.1. The third-order valence-electron chi connectivity index (χ3n) is 4.81. The van der Waals surface area contributed by atoms with Gasteiger partial charge in [-0.25, -0.2) is 9.78 Å². The standard InChI is InChI=1S/C19H33N9O7/c1-9(30)14(20)17(33)26-11(3-2-4-24-19(21)22)15(31)27-12(5-10-6-23-8-25-10)16(32)28-13(7-29)18(34)35/h6,8-9,11-14,29-30H,2-5,7,20H2,1H3,(H,23,25)(H,26,33)(H,27,31)(H,28,32)(H,34,35)(H4,21,22,24). The fourth-order valence-corrected chi connectivity index (χ4v) is 2.82. The van der Waals surface area contributed by atoms with Crippen LogP contribution in [0.3, 0.4) is 0 Å². The number of aromatic nitrogens is 2. The number of carbonyl (C=O) groups is 4. The number of hydrogen-bond donors (Lipinski definition) is 10. The van der Waals surface area contributed by atoms with Gasteiger partial charge in [0.2, 0.25) is 17.7 Å². The number of aliphatic imine (C=N–C) groups is 1. The summed E-state index contributed by atoms with van der Waals surface area (Å²) in [5, 5.41) is 34.9. The van der Waals surface area contributed by atoms with Crippen LogP contribution in [-0.2, 0) is 25.6 Å². The van der Waals surface area contributed by atoms with Crippen molar-refractivity contribution in [2.24, 2.45) is 22.2 Å². The fraction of sp³-hybridized carbons (Fsp3) is 0.579. The minimum atomic E-state index is -1.59. The molecule has 16 heteroatoms. The number of nitrogens with one attached hydrogen (secondary N) is 4. The normalized spacial score (nSPS) is 15.1. The molecule has 0 bridgehead atoms. The van der Waals surface area contributed by atoms with Crippen molar-refractivity contribution in [2.45, 2.75) is 56.5 Å². The van der Waals surface area contributed by atoms with Gasteiger partial charge in [0, 0.05) is 24.9 Å². The molecule has 5 unspecified atom stereocenters. The number of hydrogen-bond acceptors (Lipinski definition) is 9. The Morgan fingerprint density at radius 2 is 1.69 bits per heavy atom. The Hall–Kier alpha value is -3.76. The minimum Gasteiger partial charge on any atom is -0.480 e. The molecular formula is C19H33N9O7. The molecule has 0 saturated carbocycles. The number of carbonyl (C=O) groups excluding carboxylic acids is 3. The summed E-state index contributed by atoms with van der Waals surface area (Å²) in [5.41, 5.74) is 16.7. The van der Waals surface area contributed by atoms with Crippen LogP contribution in [0.4, 0.5) is 0 Å². The Bertz CT molecular complexity index is 872. The van der Waals surface area contributed by atoms with Crippen LogP contribution < -0.4 is 33.2 Å². The lowest BCUT2D eigenvalue weighted by Gasteiger charge is -2.25. The molecule has 0 spiro atoms. The molecule has 0 aliphatic rings. The van der Waals surface area contributed by atoms with E-state index < -0.39 is 60.6 Å². The number of aliphatic hydroxyl groups excluding tert-OH is 2. The Labute approximate surface area is 200 Å². The first-order chi connectivity index (χ1) is 16.5. The molecule has 3 amide bonds. The summed E-state index contributed by atoms with van der Waals surface area (Å²) in [6, 6.07) is -5.39. The maximum absolute atomic E-state index is 13.0. The van der Waals surface area contributed by atoms with Gasteiger partial charge in [-0.15, -0.1) is 0 Å². The summed E-state index contributed by atoms with van der Waals surface area (Å²) < 4.78 is 0. The lowest BCUT2D eigenvalue weighted by Crippen LogP contribution is -2.58. The second-order valence-electron chi connectivity index (χ2n) is 7.70. The number of aliphatic carboxylic acids is 1. The quantitative estimate of drug-likeness (QED) is 0.0620. The van der Waals surface area contributed by atoms with Crippen molar-refractivity contribution >= 4 is 29.7 Å². The highest BCUT2D eigenvalue weighted by molar-refractivity contribution is 5.94. The first kappa shape index (κ1) is 29.3. The van der Waals surface area contributed by atoms with E-state index >= 15 is 0 Å². The second-order valence-corrected chi connectivity index (χ2v) is 7.70. The van der Waals surface area contributed by atoms with Gasteiger partial charge in [0.1, 0.15) is 24.2 Å². The van der Waals surface area contributed by atoms with Gasteiger partial charge >= 0.3 is 5.97 Å². The summed E-state index contributed by atoms with van der Waals surface area (Å²) in [7, 11) is 0. The van der Waals surface area contributed by atoms with Crippen molar-refractivity contribution in [3.63, 3.8) is 0 Å². The fourth-order valence-electron chi connectivity index (χ4n) is 2.82. The zero-order chi connectivity index (χ0) is 26.5. The number of imidazole rings is 1. The minimum absolute atomic E-state index is 0.0493. The van der Waals surface area contributed by atoms with Crippen molar-refractivity contribution in [3.8, 4) is 0 Å². The third-order valence-corrected chi connectivity index (χ3v) is 4.81. The Morgan fingerprint density at radius 1 is 1.09 bits per heavy atom. The van der Waals surface area contributed by atoms with Crippen molar-refractivity contribution in [3.05, 3.63) is 18.2 Å². The van der Waals surface area contributed by atoms with Crippen LogP contribution in [0, 0.1) is 0 Å². The predicted octanol–water partition coefficient (Wildman–Crippen LogP) is -4.75. The first-order valence-electron chi connectivity index (χ1n) is 10.7. The molecule has 0 aromatic carbocycles. The van der Waals surface area contributed by atoms with Crippen LogP contribution in [0.15, 0.2) is 17.5 Å². The molecule has 13 N–H and O–H groups in total. The molecule has 1 rings (SSSR count). The number of guanidine groups is 1. The third kappa shape index (κ3) is 10.4. The number of carboxylic acids is 1. The van der Waals surface area contributed by atoms with E-state index in [0.29, 0.717) is 5.69 Å². The first-order valence-corrected chi connectivity index (χ1v) is 10.7. The van der Waals surface area contributed by atoms with Crippen LogP contribution in [0.1, 0.15) is 25.5 Å². The highest BCUT2D eigenvalue weighted by atomic mass is 16.4. The molecule has 196 valence electrons. The van der Waals surface area contributed by atoms with E-state index in [1.54, 1.807) is 0 Å². The number of H-pyrrole nitrogens is 1. The number of carboxylic acid groups (broad SMARTS) is 1. The number of aromatic amines is 1. The molecule has 1 aromatic heterocycles. The van der Waals surface area contributed by atoms with Crippen LogP contribution in [0.5, 0.6) is 0 Å². The van der Waals surface area contributed by atoms with Crippen LogP contribution >= 0.6 is 0 Å². The van der Waals surface area contributed by atoms with E-state index in [4.69, 9.17) is 22.3 Å². The predicted molar refractivity (Wildman–Crippen MR) is 122 cm³/mol. The van der Waals surface area contributed by atoms with Gasteiger partial charge in [-0.1, -0.05) is 0 Å². The second kappa shape index (κ2) is 14.5. The van der Waals surface area contributed by atoms with Gasteiger partial charge in [0.15, 0.2) is 5.96 Å². The van der Waals surface area contributed by atoms with E-state index in [9.17, 15) is 29.4 Å². The van der Waals surface area contributed by atoms with E-state index in [1.807, 2.05) is 0 Å². The van der Waals surface area contributed by atoms with Crippen LogP contribution in [-0.4, -0.2) is 98.4 Å². The summed E-state index contributed by atoms with van der Waals surface area (Å²) in [4.78, 5) is 59.7. The molecule has 35 heavy (non-hydrogen) atoms. The van der Waals surface area contributed by atoms with Gasteiger partial charge in [-0.3, -0.25) is 19.4 Å². The van der Waals surface area contributed by atoms with Crippen molar-refractivity contribution in [1.82, 2.24) is 25.9 Å². The van der Waals surface area contributed by atoms with Crippen LogP contribution in [0.25, 0.3) is 0 Å². The van der Waals surface area contributed by atoms with E-state index in [-0.39, 0.29) is 31.8 Å².